The highest BCUT2D eigenvalue weighted by molar-refractivity contribution is 7.89. The van der Waals surface area contributed by atoms with Crippen LogP contribution in [-0.4, -0.2) is 68.5 Å². The van der Waals surface area contributed by atoms with E-state index in [0.717, 1.165) is 19.3 Å². The first-order chi connectivity index (χ1) is 13.3. The summed E-state index contributed by atoms with van der Waals surface area (Å²) in [5, 5.41) is 2.86. The molecule has 2 aliphatic rings. The van der Waals surface area contributed by atoms with Gasteiger partial charge in [0.05, 0.1) is 23.6 Å². The van der Waals surface area contributed by atoms with Gasteiger partial charge in [-0.05, 0) is 51.3 Å². The molecule has 7 nitrogen and oxygen atoms in total. The van der Waals surface area contributed by atoms with Gasteiger partial charge in [-0.1, -0.05) is 12.5 Å². The molecule has 156 valence electrons. The fourth-order valence-corrected chi connectivity index (χ4v) is 5.79. The number of aryl methyl sites for hydroxylation is 1. The molecular formula is C20H31N3O4S. The van der Waals surface area contributed by atoms with Gasteiger partial charge in [0.15, 0.2) is 0 Å². The predicted octanol–water partition coefficient (Wildman–Crippen LogP) is 2.22. The van der Waals surface area contributed by atoms with E-state index in [9.17, 15) is 13.2 Å². The molecule has 1 amide bonds. The number of piperidine rings is 1. The number of amides is 1. The van der Waals surface area contributed by atoms with E-state index in [2.05, 4.69) is 10.2 Å². The lowest BCUT2D eigenvalue weighted by molar-refractivity contribution is -0.121. The number of anilines is 1. The van der Waals surface area contributed by atoms with E-state index < -0.39 is 10.0 Å². The predicted molar refractivity (Wildman–Crippen MR) is 109 cm³/mol. The molecule has 0 aliphatic carbocycles. The number of sulfonamides is 1. The molecule has 1 N–H and O–H groups in total. The summed E-state index contributed by atoms with van der Waals surface area (Å²) >= 11 is 0. The van der Waals surface area contributed by atoms with Gasteiger partial charge >= 0.3 is 0 Å². The van der Waals surface area contributed by atoms with E-state index in [1.165, 1.54) is 0 Å². The highest BCUT2D eigenvalue weighted by Gasteiger charge is 2.28. The van der Waals surface area contributed by atoms with Crippen molar-refractivity contribution in [2.75, 3.05) is 38.0 Å². The van der Waals surface area contributed by atoms with Crippen LogP contribution in [0.2, 0.25) is 0 Å². The van der Waals surface area contributed by atoms with Crippen LogP contribution in [0.4, 0.5) is 5.69 Å². The van der Waals surface area contributed by atoms with Crippen molar-refractivity contribution in [3.8, 4) is 0 Å². The third kappa shape index (κ3) is 5.11. The Kier molecular flexibility index (Phi) is 6.75. The van der Waals surface area contributed by atoms with Crippen LogP contribution in [0.1, 0.15) is 38.7 Å². The molecule has 0 unspecified atom stereocenters. The van der Waals surface area contributed by atoms with Gasteiger partial charge in [-0.2, -0.15) is 4.31 Å². The average Bonchev–Trinajstić information content (AvgIpc) is 2.63. The number of carbonyl (C=O) groups is 1. The number of ether oxygens (including phenoxy) is 1. The summed E-state index contributed by atoms with van der Waals surface area (Å²) in [6, 6.07) is 5.10. The van der Waals surface area contributed by atoms with Crippen LogP contribution in [0, 0.1) is 6.92 Å². The number of benzene rings is 1. The molecule has 2 atom stereocenters. The number of nitrogens with zero attached hydrogens (tertiary/aromatic N) is 2. The lowest BCUT2D eigenvalue weighted by atomic mass is 10.2. The van der Waals surface area contributed by atoms with E-state index in [-0.39, 0.29) is 29.6 Å². The van der Waals surface area contributed by atoms with Gasteiger partial charge in [0.2, 0.25) is 15.9 Å². The lowest BCUT2D eigenvalue weighted by Gasteiger charge is -2.34. The first-order valence-corrected chi connectivity index (χ1v) is 11.5. The highest BCUT2D eigenvalue weighted by Crippen LogP contribution is 2.26. The van der Waals surface area contributed by atoms with E-state index in [1.54, 1.807) is 29.4 Å². The highest BCUT2D eigenvalue weighted by atomic mass is 32.2. The summed E-state index contributed by atoms with van der Waals surface area (Å²) in [4.78, 5) is 14.8. The van der Waals surface area contributed by atoms with Crippen molar-refractivity contribution in [2.24, 2.45) is 0 Å². The molecule has 2 saturated heterocycles. The van der Waals surface area contributed by atoms with Gasteiger partial charge in [0, 0.05) is 31.9 Å². The molecule has 3 rings (SSSR count). The topological polar surface area (TPSA) is 79.0 Å². The van der Waals surface area contributed by atoms with Gasteiger partial charge in [-0.15, -0.1) is 0 Å². The van der Waals surface area contributed by atoms with Crippen LogP contribution in [0.25, 0.3) is 0 Å². The molecule has 0 saturated carbocycles. The third-order valence-electron chi connectivity index (χ3n) is 5.27. The minimum Gasteiger partial charge on any atom is -0.373 e. The van der Waals surface area contributed by atoms with Gasteiger partial charge in [0.25, 0.3) is 0 Å². The van der Waals surface area contributed by atoms with Crippen molar-refractivity contribution in [1.82, 2.24) is 9.21 Å². The van der Waals surface area contributed by atoms with Crippen LogP contribution in [0.15, 0.2) is 23.1 Å². The monoisotopic (exact) mass is 409 g/mol. The van der Waals surface area contributed by atoms with Crippen LogP contribution < -0.4 is 5.32 Å². The number of morpholine rings is 1. The van der Waals surface area contributed by atoms with Crippen LogP contribution in [0.3, 0.4) is 0 Å². The molecule has 2 fully saturated rings. The molecule has 0 aromatic heterocycles. The number of carbonyl (C=O) groups excluding carboxylic acids is 1. The zero-order valence-electron chi connectivity index (χ0n) is 17.0. The molecular weight excluding hydrogens is 378 g/mol. The van der Waals surface area contributed by atoms with Crippen molar-refractivity contribution >= 4 is 21.6 Å². The number of hydrogen-bond donors (Lipinski definition) is 1. The summed E-state index contributed by atoms with van der Waals surface area (Å²) in [5.41, 5.74) is 1.21. The molecule has 0 spiro atoms. The second-order valence-electron chi connectivity index (χ2n) is 7.94. The van der Waals surface area contributed by atoms with Gasteiger partial charge in [-0.3, -0.25) is 9.69 Å². The molecule has 2 heterocycles. The first kappa shape index (κ1) is 21.2. The zero-order chi connectivity index (χ0) is 20.3. The van der Waals surface area contributed by atoms with Crippen molar-refractivity contribution in [1.29, 1.82) is 0 Å². The Morgan fingerprint density at radius 1 is 1.14 bits per heavy atom. The van der Waals surface area contributed by atoms with Gasteiger partial charge in [0.1, 0.15) is 0 Å². The Bertz CT molecular complexity index is 796. The zero-order valence-corrected chi connectivity index (χ0v) is 17.8. The van der Waals surface area contributed by atoms with Gasteiger partial charge < -0.3 is 10.1 Å². The fraction of sp³-hybridized carbons (Fsp3) is 0.650. The van der Waals surface area contributed by atoms with Crippen molar-refractivity contribution in [3.63, 3.8) is 0 Å². The minimum absolute atomic E-state index is 0.0946. The molecule has 1 aromatic carbocycles. The standard InChI is InChI=1S/C20H31N3O4S/c1-15-7-8-18(11-19(15)28(25,26)23-9-5-4-6-10-23)21-20(24)14-22-12-16(2)27-17(3)13-22/h7-8,11,16-17H,4-6,9-10,12-14H2,1-3H3,(H,21,24)/t16-,17-/m1/s1. The van der Waals surface area contributed by atoms with Crippen molar-refractivity contribution in [2.45, 2.75) is 57.1 Å². The number of hydrogen-bond acceptors (Lipinski definition) is 5. The second kappa shape index (κ2) is 8.90. The molecule has 2 aliphatic heterocycles. The maximum Gasteiger partial charge on any atom is 0.243 e. The fourth-order valence-electron chi connectivity index (χ4n) is 4.02. The van der Waals surface area contributed by atoms with Crippen molar-refractivity contribution in [3.05, 3.63) is 23.8 Å². The SMILES string of the molecule is Cc1ccc(NC(=O)CN2C[C@@H](C)O[C@H](C)C2)cc1S(=O)(=O)N1CCCCC1. The molecule has 28 heavy (non-hydrogen) atoms. The quantitative estimate of drug-likeness (QED) is 0.807. The van der Waals surface area contributed by atoms with Crippen LogP contribution >= 0.6 is 0 Å². The van der Waals surface area contributed by atoms with E-state index in [4.69, 9.17) is 4.74 Å². The molecule has 8 heteroatoms. The Labute approximate surface area is 168 Å². The molecule has 0 radical (unpaired) electrons. The smallest absolute Gasteiger partial charge is 0.243 e. The summed E-state index contributed by atoms with van der Waals surface area (Å²) in [6.07, 6.45) is 3.05. The summed E-state index contributed by atoms with van der Waals surface area (Å²) in [5.74, 6) is -0.147. The Balaban J connectivity index is 1.69. The maximum absolute atomic E-state index is 13.0. The second-order valence-corrected chi connectivity index (χ2v) is 9.85. The minimum atomic E-state index is -3.54. The van der Waals surface area contributed by atoms with E-state index in [0.29, 0.717) is 37.4 Å². The molecule has 0 bridgehead atoms. The maximum atomic E-state index is 13.0. The van der Waals surface area contributed by atoms with Crippen LogP contribution in [0.5, 0.6) is 0 Å². The average molecular weight is 410 g/mol. The van der Waals surface area contributed by atoms with Crippen molar-refractivity contribution < 1.29 is 17.9 Å². The van der Waals surface area contributed by atoms with Gasteiger partial charge in [-0.25, -0.2) is 8.42 Å². The van der Waals surface area contributed by atoms with E-state index in [1.807, 2.05) is 13.8 Å². The number of rotatable bonds is 5. The summed E-state index contributed by atoms with van der Waals surface area (Å²) in [6.45, 7) is 8.59. The Morgan fingerprint density at radius 2 is 1.79 bits per heavy atom. The lowest BCUT2D eigenvalue weighted by Crippen LogP contribution is -2.48. The molecule has 1 aromatic rings. The summed E-state index contributed by atoms with van der Waals surface area (Å²) < 4.78 is 33.3. The first-order valence-electron chi connectivity index (χ1n) is 10.0. The van der Waals surface area contributed by atoms with Crippen LogP contribution in [-0.2, 0) is 19.6 Å². The Hall–Kier alpha value is -1.48. The normalized spacial score (nSPS) is 24.8. The number of nitrogens with one attached hydrogen (secondary N) is 1. The van der Waals surface area contributed by atoms with E-state index >= 15 is 0 Å². The largest absolute Gasteiger partial charge is 0.373 e. The summed E-state index contributed by atoms with van der Waals surface area (Å²) in [7, 11) is -3.54. The third-order valence-corrected chi connectivity index (χ3v) is 7.31. The Morgan fingerprint density at radius 3 is 2.43 bits per heavy atom.